The Balaban J connectivity index is 0.000000326. The van der Waals surface area contributed by atoms with Crippen LogP contribution in [0.25, 0.3) is 5.65 Å². The Morgan fingerprint density at radius 2 is 1.83 bits per heavy atom. The molecule has 0 radical (unpaired) electrons. The van der Waals surface area contributed by atoms with Crippen LogP contribution in [0.3, 0.4) is 0 Å². The van der Waals surface area contributed by atoms with Crippen LogP contribution < -0.4 is 15.5 Å². The molecule has 3 aliphatic rings. The fourth-order valence-electron chi connectivity index (χ4n) is 4.19. The number of hydrogen-bond donors (Lipinski definition) is 2. The predicted molar refractivity (Wildman–Crippen MR) is 157 cm³/mol. The van der Waals surface area contributed by atoms with E-state index in [1.165, 1.54) is 6.33 Å². The van der Waals surface area contributed by atoms with Crippen molar-refractivity contribution in [2.75, 3.05) is 28.7 Å². The lowest BCUT2D eigenvalue weighted by molar-refractivity contribution is -0.117. The molecule has 7 rings (SSSR count). The molecular weight excluding hydrogens is 544 g/mol. The number of rotatable bonds is 7. The smallest absolute Gasteiger partial charge is 0.414 e. The van der Waals surface area contributed by atoms with Crippen LogP contribution >= 0.6 is 11.6 Å². The van der Waals surface area contributed by atoms with Gasteiger partial charge in [0, 0.05) is 22.9 Å². The Bertz CT molecular complexity index is 1500. The van der Waals surface area contributed by atoms with Crippen LogP contribution in [0.1, 0.15) is 56.8 Å². The topological polar surface area (TPSA) is 127 Å². The molecule has 2 aliphatic carbocycles. The van der Waals surface area contributed by atoms with Gasteiger partial charge in [0.25, 0.3) is 0 Å². The Kier molecular flexibility index (Phi) is 8.93. The average molecular weight is 577 g/mol. The van der Waals surface area contributed by atoms with Crippen molar-refractivity contribution in [3.8, 4) is 0 Å². The maximum absolute atomic E-state index is 12.2. The third-order valence-electron chi connectivity index (χ3n) is 6.57. The van der Waals surface area contributed by atoms with Crippen molar-refractivity contribution in [2.45, 2.75) is 52.0 Å². The number of halogens is 1. The molecule has 1 aromatic carbocycles. The molecule has 0 unspecified atom stereocenters. The summed E-state index contributed by atoms with van der Waals surface area (Å²) in [4.78, 5) is 38.8. The lowest BCUT2D eigenvalue weighted by Crippen LogP contribution is -2.24. The number of hydrogen-bond acceptors (Lipinski definition) is 8. The van der Waals surface area contributed by atoms with Crippen LogP contribution in [-0.2, 0) is 16.1 Å². The summed E-state index contributed by atoms with van der Waals surface area (Å²) in [6.45, 7) is 5.27. The first-order valence-electron chi connectivity index (χ1n) is 13.9. The van der Waals surface area contributed by atoms with Crippen LogP contribution in [0.15, 0.2) is 55.0 Å². The van der Waals surface area contributed by atoms with E-state index in [0.717, 1.165) is 47.8 Å². The van der Waals surface area contributed by atoms with E-state index in [-0.39, 0.29) is 17.9 Å². The summed E-state index contributed by atoms with van der Waals surface area (Å²) in [6, 6.07) is 13.1. The number of imidazole rings is 1. The molecule has 214 valence electrons. The molecule has 2 saturated carbocycles. The maximum atomic E-state index is 12.2. The average Bonchev–Trinajstić information content (AvgIpc) is 3.93. The Labute approximate surface area is 243 Å². The molecule has 4 heterocycles. The summed E-state index contributed by atoms with van der Waals surface area (Å²) in [5.74, 6) is 1.60. The van der Waals surface area contributed by atoms with E-state index >= 15 is 0 Å². The van der Waals surface area contributed by atoms with E-state index in [4.69, 9.17) is 26.4 Å². The minimum Gasteiger partial charge on any atom is -0.447 e. The van der Waals surface area contributed by atoms with E-state index in [1.807, 2.05) is 56.4 Å². The Morgan fingerprint density at radius 1 is 1.07 bits per heavy atom. The van der Waals surface area contributed by atoms with E-state index in [0.29, 0.717) is 42.9 Å². The van der Waals surface area contributed by atoms with Crippen molar-refractivity contribution in [3.63, 3.8) is 0 Å². The van der Waals surface area contributed by atoms with Crippen molar-refractivity contribution in [1.29, 1.82) is 0 Å². The Hall–Kier alpha value is -4.25. The standard InChI is InChI=1S/C21H22N8O3.C6H5Cl.C2H6/c30-20(13-3-4-13)26-18-8-17(23-11-24-18)22-9-14-10-29-19(25-14)16(28-5-6-32-21(28)31)7-15(27-29)12-1-2-12;7-6-4-2-1-3-5-6;1-2/h7-8,10-13H,1-6,9H2,(H2,22,23,24,26,30);1-5H;1-2H3. The zero-order chi connectivity index (χ0) is 28.8. The van der Waals surface area contributed by atoms with Gasteiger partial charge >= 0.3 is 6.09 Å². The second-order valence-electron chi connectivity index (χ2n) is 9.70. The van der Waals surface area contributed by atoms with Crippen molar-refractivity contribution in [1.82, 2.24) is 24.6 Å². The molecule has 2 amide bonds. The van der Waals surface area contributed by atoms with Crippen molar-refractivity contribution < 1.29 is 14.3 Å². The first-order valence-corrected chi connectivity index (χ1v) is 14.3. The molecule has 3 aromatic heterocycles. The summed E-state index contributed by atoms with van der Waals surface area (Å²) in [6.07, 6.45) is 7.00. The quantitative estimate of drug-likeness (QED) is 0.288. The highest BCUT2D eigenvalue weighted by atomic mass is 35.5. The number of benzene rings is 1. The second kappa shape index (κ2) is 12.9. The number of nitrogens with one attached hydrogen (secondary N) is 2. The molecule has 2 N–H and O–H groups in total. The largest absolute Gasteiger partial charge is 0.447 e. The summed E-state index contributed by atoms with van der Waals surface area (Å²) in [5, 5.41) is 11.5. The summed E-state index contributed by atoms with van der Waals surface area (Å²) in [7, 11) is 0. The van der Waals surface area contributed by atoms with E-state index in [1.54, 1.807) is 15.5 Å². The maximum Gasteiger partial charge on any atom is 0.414 e. The summed E-state index contributed by atoms with van der Waals surface area (Å²) < 4.78 is 6.87. The number of nitrogens with zero attached hydrogens (tertiary/aromatic N) is 6. The predicted octanol–water partition coefficient (Wildman–Crippen LogP) is 5.68. The van der Waals surface area contributed by atoms with Gasteiger partial charge in [-0.15, -0.1) is 0 Å². The number of ether oxygens (including phenoxy) is 1. The molecule has 1 saturated heterocycles. The number of anilines is 3. The highest BCUT2D eigenvalue weighted by molar-refractivity contribution is 6.30. The number of amides is 2. The van der Waals surface area contributed by atoms with Gasteiger partial charge in [0.05, 0.1) is 36.4 Å². The molecule has 0 atom stereocenters. The first-order chi connectivity index (χ1) is 20.0. The number of aromatic nitrogens is 5. The van der Waals surface area contributed by atoms with E-state index < -0.39 is 0 Å². The molecule has 12 heteroatoms. The fourth-order valence-corrected chi connectivity index (χ4v) is 4.34. The zero-order valence-corrected chi connectivity index (χ0v) is 23.8. The van der Waals surface area contributed by atoms with Crippen molar-refractivity contribution in [3.05, 3.63) is 71.4 Å². The zero-order valence-electron chi connectivity index (χ0n) is 23.1. The molecule has 41 heavy (non-hydrogen) atoms. The molecule has 11 nitrogen and oxygen atoms in total. The lowest BCUT2D eigenvalue weighted by atomic mass is 10.2. The van der Waals surface area contributed by atoms with Crippen LogP contribution in [-0.4, -0.2) is 49.7 Å². The monoisotopic (exact) mass is 576 g/mol. The van der Waals surface area contributed by atoms with Crippen LogP contribution in [0.2, 0.25) is 5.02 Å². The highest BCUT2D eigenvalue weighted by Gasteiger charge is 2.32. The molecule has 3 fully saturated rings. The Morgan fingerprint density at radius 3 is 2.46 bits per heavy atom. The van der Waals surface area contributed by atoms with Gasteiger partial charge in [0.15, 0.2) is 5.65 Å². The SMILES string of the molecule is CC.Clc1ccccc1.O=C(Nc1cc(NCc2cn3nc(C4CC4)cc(N4CCOC4=O)c3n2)ncn1)C1CC1. The van der Waals surface area contributed by atoms with Crippen LogP contribution in [0.4, 0.5) is 22.1 Å². The normalized spacial score (nSPS) is 15.8. The summed E-state index contributed by atoms with van der Waals surface area (Å²) in [5.41, 5.74) is 3.06. The van der Waals surface area contributed by atoms with Crippen LogP contribution in [0, 0.1) is 5.92 Å². The highest BCUT2D eigenvalue weighted by Crippen LogP contribution is 2.40. The molecule has 0 spiro atoms. The molecule has 4 aromatic rings. The van der Waals surface area contributed by atoms with Gasteiger partial charge in [0.2, 0.25) is 5.91 Å². The number of fused-ring (bicyclic) bond motifs is 1. The van der Waals surface area contributed by atoms with Crippen LogP contribution in [0.5, 0.6) is 0 Å². The fraction of sp³-hybridized carbons (Fsp3) is 0.379. The third kappa shape index (κ3) is 7.29. The van der Waals surface area contributed by atoms with Crippen molar-refractivity contribution in [2.24, 2.45) is 5.92 Å². The van der Waals surface area contributed by atoms with Gasteiger partial charge in [-0.1, -0.05) is 43.6 Å². The second-order valence-corrected chi connectivity index (χ2v) is 10.1. The number of cyclic esters (lactones) is 1. The molecule has 0 bridgehead atoms. The third-order valence-corrected chi connectivity index (χ3v) is 6.82. The minimum atomic E-state index is -0.357. The van der Waals surface area contributed by atoms with Gasteiger partial charge in [-0.05, 0) is 43.9 Å². The van der Waals surface area contributed by atoms with Gasteiger partial charge in [-0.2, -0.15) is 5.10 Å². The van der Waals surface area contributed by atoms with Gasteiger partial charge < -0.3 is 15.4 Å². The number of carbonyl (C=O) groups excluding carboxylic acids is 2. The first kappa shape index (κ1) is 28.3. The summed E-state index contributed by atoms with van der Waals surface area (Å²) >= 11 is 5.54. The van der Waals surface area contributed by atoms with Gasteiger partial charge in [-0.25, -0.2) is 24.3 Å². The lowest BCUT2D eigenvalue weighted by Gasteiger charge is -2.14. The van der Waals surface area contributed by atoms with E-state index in [9.17, 15) is 9.59 Å². The van der Waals surface area contributed by atoms with Gasteiger partial charge in [-0.3, -0.25) is 9.69 Å². The molecular formula is C29H33ClN8O3. The minimum absolute atomic E-state index is 0.000473. The van der Waals surface area contributed by atoms with Crippen molar-refractivity contribution >= 4 is 46.6 Å². The van der Waals surface area contributed by atoms with E-state index in [2.05, 4.69) is 20.6 Å². The molecule has 1 aliphatic heterocycles. The number of carbonyl (C=O) groups is 2. The van der Waals surface area contributed by atoms with Gasteiger partial charge in [0.1, 0.15) is 24.6 Å².